The standard InChI is InChI=1S/C14H21NO/c1-4-14(16)15-13-9-7-12(8-10-13)6-5-11(2)3/h7-11H,4-6H2,1-3H3,(H,15,16). The van der Waals surface area contributed by atoms with Crippen LogP contribution in [-0.4, -0.2) is 5.91 Å². The van der Waals surface area contributed by atoms with Crippen LogP contribution >= 0.6 is 0 Å². The number of carbonyl (C=O) groups is 1. The van der Waals surface area contributed by atoms with Crippen molar-refractivity contribution in [3.05, 3.63) is 29.8 Å². The number of nitrogens with one attached hydrogen (secondary N) is 1. The number of rotatable bonds is 5. The van der Waals surface area contributed by atoms with E-state index in [-0.39, 0.29) is 5.91 Å². The Morgan fingerprint density at radius 3 is 2.38 bits per heavy atom. The van der Waals surface area contributed by atoms with E-state index in [1.165, 1.54) is 12.0 Å². The molecule has 1 N–H and O–H groups in total. The first-order valence-corrected chi connectivity index (χ1v) is 6.00. The fourth-order valence-electron chi connectivity index (χ4n) is 1.46. The highest BCUT2D eigenvalue weighted by Crippen LogP contribution is 2.13. The van der Waals surface area contributed by atoms with E-state index in [1.807, 2.05) is 19.1 Å². The Kier molecular flexibility index (Phi) is 5.03. The summed E-state index contributed by atoms with van der Waals surface area (Å²) in [5.41, 5.74) is 2.23. The summed E-state index contributed by atoms with van der Waals surface area (Å²) in [5, 5.41) is 2.84. The van der Waals surface area contributed by atoms with Crippen molar-refractivity contribution < 1.29 is 4.79 Å². The zero-order chi connectivity index (χ0) is 12.0. The van der Waals surface area contributed by atoms with E-state index in [0.717, 1.165) is 18.0 Å². The number of aryl methyl sites for hydroxylation is 1. The Bertz CT molecular complexity index is 327. The van der Waals surface area contributed by atoms with Crippen LogP contribution in [0.15, 0.2) is 24.3 Å². The summed E-state index contributed by atoms with van der Waals surface area (Å²) in [7, 11) is 0. The van der Waals surface area contributed by atoms with E-state index in [4.69, 9.17) is 0 Å². The molecule has 1 aromatic carbocycles. The van der Waals surface area contributed by atoms with E-state index < -0.39 is 0 Å². The van der Waals surface area contributed by atoms with Gasteiger partial charge >= 0.3 is 0 Å². The average molecular weight is 219 g/mol. The van der Waals surface area contributed by atoms with Gasteiger partial charge in [0.05, 0.1) is 0 Å². The summed E-state index contributed by atoms with van der Waals surface area (Å²) in [6, 6.07) is 8.13. The molecule has 1 aromatic rings. The molecule has 0 radical (unpaired) electrons. The average Bonchev–Trinajstić information content (AvgIpc) is 2.28. The maximum absolute atomic E-state index is 11.2. The summed E-state index contributed by atoms with van der Waals surface area (Å²) < 4.78 is 0. The van der Waals surface area contributed by atoms with Crippen molar-refractivity contribution >= 4 is 11.6 Å². The highest BCUT2D eigenvalue weighted by atomic mass is 16.1. The lowest BCUT2D eigenvalue weighted by Gasteiger charge is -2.07. The lowest BCUT2D eigenvalue weighted by Crippen LogP contribution is -2.09. The molecule has 0 spiro atoms. The minimum Gasteiger partial charge on any atom is -0.326 e. The normalized spacial score (nSPS) is 10.5. The molecule has 0 fully saturated rings. The first-order chi connectivity index (χ1) is 7.61. The highest BCUT2D eigenvalue weighted by molar-refractivity contribution is 5.90. The Hall–Kier alpha value is -1.31. The summed E-state index contributed by atoms with van der Waals surface area (Å²) in [4.78, 5) is 11.2. The molecule has 88 valence electrons. The number of carbonyl (C=O) groups excluding carboxylic acids is 1. The smallest absolute Gasteiger partial charge is 0.224 e. The van der Waals surface area contributed by atoms with Crippen molar-refractivity contribution in [2.24, 2.45) is 5.92 Å². The van der Waals surface area contributed by atoms with Gasteiger partial charge in [-0.05, 0) is 36.5 Å². The second-order valence-corrected chi connectivity index (χ2v) is 4.53. The van der Waals surface area contributed by atoms with E-state index in [0.29, 0.717) is 6.42 Å². The van der Waals surface area contributed by atoms with Crippen molar-refractivity contribution in [2.75, 3.05) is 5.32 Å². The minimum atomic E-state index is 0.0648. The Morgan fingerprint density at radius 1 is 1.25 bits per heavy atom. The minimum absolute atomic E-state index is 0.0648. The molecule has 0 heterocycles. The van der Waals surface area contributed by atoms with Crippen LogP contribution < -0.4 is 5.32 Å². The van der Waals surface area contributed by atoms with Gasteiger partial charge in [0.15, 0.2) is 0 Å². The second-order valence-electron chi connectivity index (χ2n) is 4.53. The van der Waals surface area contributed by atoms with Crippen LogP contribution in [0.2, 0.25) is 0 Å². The number of hydrogen-bond acceptors (Lipinski definition) is 1. The van der Waals surface area contributed by atoms with E-state index >= 15 is 0 Å². The first kappa shape index (κ1) is 12.8. The van der Waals surface area contributed by atoms with Crippen molar-refractivity contribution in [1.29, 1.82) is 0 Å². The van der Waals surface area contributed by atoms with Gasteiger partial charge in [-0.1, -0.05) is 32.9 Å². The third-order valence-corrected chi connectivity index (χ3v) is 2.57. The summed E-state index contributed by atoms with van der Waals surface area (Å²) in [5.74, 6) is 0.800. The van der Waals surface area contributed by atoms with Gasteiger partial charge in [-0.3, -0.25) is 4.79 Å². The predicted octanol–water partition coefficient (Wildman–Crippen LogP) is 3.62. The largest absolute Gasteiger partial charge is 0.326 e. The zero-order valence-electron chi connectivity index (χ0n) is 10.4. The molecule has 0 unspecified atom stereocenters. The quantitative estimate of drug-likeness (QED) is 0.805. The van der Waals surface area contributed by atoms with Crippen LogP contribution in [0.25, 0.3) is 0 Å². The third kappa shape index (κ3) is 4.47. The number of anilines is 1. The first-order valence-electron chi connectivity index (χ1n) is 6.00. The van der Waals surface area contributed by atoms with E-state index in [1.54, 1.807) is 0 Å². The topological polar surface area (TPSA) is 29.1 Å². The SMILES string of the molecule is CCC(=O)Nc1ccc(CCC(C)C)cc1. The lowest BCUT2D eigenvalue weighted by atomic mass is 10.0. The molecule has 0 aromatic heterocycles. The third-order valence-electron chi connectivity index (χ3n) is 2.57. The second kappa shape index (κ2) is 6.31. The van der Waals surface area contributed by atoms with Crippen LogP contribution in [-0.2, 0) is 11.2 Å². The number of amides is 1. The fourth-order valence-corrected chi connectivity index (χ4v) is 1.46. The summed E-state index contributed by atoms with van der Waals surface area (Å²) in [6.07, 6.45) is 2.84. The Labute approximate surface area is 98.1 Å². The van der Waals surface area contributed by atoms with Crippen LogP contribution in [0.3, 0.4) is 0 Å². The molecular formula is C14H21NO. The molecule has 0 atom stereocenters. The molecule has 1 amide bonds. The lowest BCUT2D eigenvalue weighted by molar-refractivity contribution is -0.115. The van der Waals surface area contributed by atoms with Crippen LogP contribution in [0.5, 0.6) is 0 Å². The van der Waals surface area contributed by atoms with Crippen LogP contribution in [0.4, 0.5) is 5.69 Å². The molecule has 2 nitrogen and oxygen atoms in total. The molecule has 16 heavy (non-hydrogen) atoms. The van der Waals surface area contributed by atoms with Crippen molar-refractivity contribution in [2.45, 2.75) is 40.0 Å². The maximum atomic E-state index is 11.2. The molecule has 0 aliphatic carbocycles. The predicted molar refractivity (Wildman–Crippen MR) is 68.5 cm³/mol. The van der Waals surface area contributed by atoms with Gasteiger partial charge in [-0.2, -0.15) is 0 Å². The van der Waals surface area contributed by atoms with Gasteiger partial charge in [-0.15, -0.1) is 0 Å². The molecule has 0 saturated heterocycles. The summed E-state index contributed by atoms with van der Waals surface area (Å²) >= 11 is 0. The molecule has 2 heteroatoms. The zero-order valence-corrected chi connectivity index (χ0v) is 10.4. The Morgan fingerprint density at radius 2 is 1.88 bits per heavy atom. The van der Waals surface area contributed by atoms with Gasteiger partial charge in [0, 0.05) is 12.1 Å². The van der Waals surface area contributed by atoms with Gasteiger partial charge in [0.1, 0.15) is 0 Å². The van der Waals surface area contributed by atoms with Gasteiger partial charge in [0.25, 0.3) is 0 Å². The van der Waals surface area contributed by atoms with E-state index in [2.05, 4.69) is 31.3 Å². The molecule has 1 rings (SSSR count). The molecular weight excluding hydrogens is 198 g/mol. The monoisotopic (exact) mass is 219 g/mol. The molecule has 0 aliphatic rings. The fraction of sp³-hybridized carbons (Fsp3) is 0.500. The van der Waals surface area contributed by atoms with Gasteiger partial charge in [-0.25, -0.2) is 0 Å². The maximum Gasteiger partial charge on any atom is 0.224 e. The number of benzene rings is 1. The number of hydrogen-bond donors (Lipinski definition) is 1. The van der Waals surface area contributed by atoms with Gasteiger partial charge < -0.3 is 5.32 Å². The summed E-state index contributed by atoms with van der Waals surface area (Å²) in [6.45, 7) is 6.32. The van der Waals surface area contributed by atoms with Gasteiger partial charge in [0.2, 0.25) is 5.91 Å². The van der Waals surface area contributed by atoms with Crippen LogP contribution in [0, 0.1) is 5.92 Å². The Balaban J connectivity index is 2.51. The van der Waals surface area contributed by atoms with Crippen molar-refractivity contribution in [3.8, 4) is 0 Å². The van der Waals surface area contributed by atoms with E-state index in [9.17, 15) is 4.79 Å². The van der Waals surface area contributed by atoms with Crippen LogP contribution in [0.1, 0.15) is 39.2 Å². The van der Waals surface area contributed by atoms with Crippen molar-refractivity contribution in [3.63, 3.8) is 0 Å². The van der Waals surface area contributed by atoms with Crippen molar-refractivity contribution in [1.82, 2.24) is 0 Å². The highest BCUT2D eigenvalue weighted by Gasteiger charge is 2.00. The molecule has 0 saturated carbocycles. The molecule has 0 aliphatic heterocycles. The molecule has 0 bridgehead atoms.